The third-order valence-corrected chi connectivity index (χ3v) is 5.32. The summed E-state index contributed by atoms with van der Waals surface area (Å²) in [5.41, 5.74) is -0.288. The second kappa shape index (κ2) is 2.53. The average molecular weight is 196 g/mol. The summed E-state index contributed by atoms with van der Waals surface area (Å²) in [7, 11) is 0. The zero-order valence-corrected chi connectivity index (χ0v) is 8.87. The third-order valence-electron chi connectivity index (χ3n) is 5.32. The van der Waals surface area contributed by atoms with Gasteiger partial charge in [-0.3, -0.25) is 0 Å². The van der Waals surface area contributed by atoms with Crippen molar-refractivity contribution in [3.05, 3.63) is 0 Å². The van der Waals surface area contributed by atoms with Gasteiger partial charge in [0, 0.05) is 5.92 Å². The second-order valence-electron chi connectivity index (χ2n) is 6.01. The maximum atomic E-state index is 10.7. The van der Waals surface area contributed by atoms with Crippen molar-refractivity contribution >= 4 is 0 Å². The molecule has 0 amide bonds. The van der Waals surface area contributed by atoms with Gasteiger partial charge in [-0.25, -0.2) is 0 Å². The van der Waals surface area contributed by atoms with E-state index in [0.29, 0.717) is 5.92 Å². The number of aliphatic hydroxyl groups is 2. The minimum absolute atomic E-state index is 0.181. The highest BCUT2D eigenvalue weighted by atomic mass is 16.3. The van der Waals surface area contributed by atoms with E-state index >= 15 is 0 Å². The molecule has 4 bridgehead atoms. The molecule has 5 atom stereocenters. The molecule has 0 aromatic carbocycles. The minimum atomic E-state index is -0.509. The fourth-order valence-electron chi connectivity index (χ4n) is 4.76. The van der Waals surface area contributed by atoms with Crippen molar-refractivity contribution in [1.82, 2.24) is 0 Å². The van der Waals surface area contributed by atoms with Crippen LogP contribution in [0.2, 0.25) is 0 Å². The normalized spacial score (nSPS) is 61.5. The van der Waals surface area contributed by atoms with Crippen LogP contribution in [-0.4, -0.2) is 21.9 Å². The van der Waals surface area contributed by atoms with Crippen LogP contribution in [0.4, 0.5) is 0 Å². The summed E-state index contributed by atoms with van der Waals surface area (Å²) in [5.74, 6) is 0.651. The van der Waals surface area contributed by atoms with Crippen LogP contribution in [0.25, 0.3) is 0 Å². The van der Waals surface area contributed by atoms with Gasteiger partial charge in [0.1, 0.15) is 0 Å². The first-order valence-electron chi connectivity index (χ1n) is 5.97. The Kier molecular flexibility index (Phi) is 1.66. The SMILES string of the molecule is CC12CCCC3(O)C(CCC13)C(O)C2. The molecule has 3 aliphatic carbocycles. The number of rotatable bonds is 0. The van der Waals surface area contributed by atoms with Gasteiger partial charge in [-0.15, -0.1) is 0 Å². The fraction of sp³-hybridized carbons (Fsp3) is 1.00. The molecule has 0 radical (unpaired) electrons. The van der Waals surface area contributed by atoms with Crippen molar-refractivity contribution < 1.29 is 10.2 Å². The molecule has 2 N–H and O–H groups in total. The van der Waals surface area contributed by atoms with E-state index in [1.165, 1.54) is 6.42 Å². The molecule has 0 heterocycles. The topological polar surface area (TPSA) is 40.5 Å². The van der Waals surface area contributed by atoms with Gasteiger partial charge in [0.05, 0.1) is 11.7 Å². The van der Waals surface area contributed by atoms with Crippen molar-refractivity contribution in [2.24, 2.45) is 17.3 Å². The average Bonchev–Trinajstić information content (AvgIpc) is 2.35. The number of hydrogen-bond donors (Lipinski definition) is 2. The maximum Gasteiger partial charge on any atom is 0.0733 e. The van der Waals surface area contributed by atoms with Crippen LogP contribution in [0.1, 0.15) is 45.4 Å². The molecule has 14 heavy (non-hydrogen) atoms. The van der Waals surface area contributed by atoms with E-state index in [4.69, 9.17) is 0 Å². The summed E-state index contributed by atoms with van der Waals surface area (Å²) in [6, 6.07) is 0. The summed E-state index contributed by atoms with van der Waals surface area (Å²) in [4.78, 5) is 0. The minimum Gasteiger partial charge on any atom is -0.393 e. The summed E-state index contributed by atoms with van der Waals surface area (Å²) < 4.78 is 0. The van der Waals surface area contributed by atoms with Gasteiger partial charge < -0.3 is 10.2 Å². The fourth-order valence-corrected chi connectivity index (χ4v) is 4.76. The van der Waals surface area contributed by atoms with Crippen molar-refractivity contribution in [1.29, 1.82) is 0 Å². The van der Waals surface area contributed by atoms with Gasteiger partial charge in [-0.05, 0) is 43.4 Å². The first-order valence-corrected chi connectivity index (χ1v) is 5.97. The Balaban J connectivity index is 2.06. The summed E-state index contributed by atoms with van der Waals surface area (Å²) in [6.45, 7) is 2.27. The lowest BCUT2D eigenvalue weighted by Gasteiger charge is -2.55. The Hall–Kier alpha value is -0.0800. The van der Waals surface area contributed by atoms with Crippen LogP contribution in [0.3, 0.4) is 0 Å². The van der Waals surface area contributed by atoms with Gasteiger partial charge in [-0.2, -0.15) is 0 Å². The van der Waals surface area contributed by atoms with Crippen molar-refractivity contribution in [2.45, 2.75) is 57.2 Å². The van der Waals surface area contributed by atoms with E-state index in [1.807, 2.05) is 0 Å². The van der Waals surface area contributed by atoms with E-state index in [-0.39, 0.29) is 17.4 Å². The van der Waals surface area contributed by atoms with Crippen molar-refractivity contribution in [3.63, 3.8) is 0 Å². The molecule has 0 aromatic rings. The molecule has 0 aliphatic heterocycles. The predicted molar refractivity (Wildman–Crippen MR) is 53.7 cm³/mol. The predicted octanol–water partition coefficient (Wildman–Crippen LogP) is 1.70. The van der Waals surface area contributed by atoms with Crippen LogP contribution >= 0.6 is 0 Å². The van der Waals surface area contributed by atoms with Crippen LogP contribution in [-0.2, 0) is 0 Å². The molecule has 3 rings (SSSR count). The monoisotopic (exact) mass is 196 g/mol. The Morgan fingerprint density at radius 2 is 2.00 bits per heavy atom. The van der Waals surface area contributed by atoms with Gasteiger partial charge in [0.2, 0.25) is 0 Å². The molecule has 80 valence electrons. The van der Waals surface area contributed by atoms with Crippen molar-refractivity contribution in [2.75, 3.05) is 0 Å². The largest absolute Gasteiger partial charge is 0.393 e. The lowest BCUT2D eigenvalue weighted by Crippen LogP contribution is -2.58. The van der Waals surface area contributed by atoms with E-state index in [0.717, 1.165) is 32.1 Å². The van der Waals surface area contributed by atoms with Gasteiger partial charge in [0.15, 0.2) is 0 Å². The quantitative estimate of drug-likeness (QED) is 0.619. The molecule has 2 nitrogen and oxygen atoms in total. The van der Waals surface area contributed by atoms with Gasteiger partial charge in [-0.1, -0.05) is 13.3 Å². The van der Waals surface area contributed by atoms with Crippen molar-refractivity contribution in [3.8, 4) is 0 Å². The molecule has 0 aromatic heterocycles. The Labute approximate surface area is 85.3 Å². The standard InChI is InChI=1S/C12H20O2/c1-11-5-2-6-12(14)8(9(13)7-11)3-4-10(11)12/h8-10,13-14H,2-7H2,1H3. The maximum absolute atomic E-state index is 10.7. The van der Waals surface area contributed by atoms with E-state index in [9.17, 15) is 10.2 Å². The summed E-state index contributed by atoms with van der Waals surface area (Å²) >= 11 is 0. The Bertz CT molecular complexity index is 265. The first-order chi connectivity index (χ1) is 6.56. The number of aliphatic hydroxyl groups excluding tert-OH is 1. The zero-order chi connectivity index (χ0) is 9.97. The molecule has 3 fully saturated rings. The van der Waals surface area contributed by atoms with E-state index < -0.39 is 5.60 Å². The lowest BCUT2D eigenvalue weighted by atomic mass is 9.53. The highest BCUT2D eigenvalue weighted by Gasteiger charge is 2.63. The van der Waals surface area contributed by atoms with Crippen LogP contribution in [0, 0.1) is 17.3 Å². The molecular formula is C12H20O2. The smallest absolute Gasteiger partial charge is 0.0733 e. The lowest BCUT2D eigenvalue weighted by molar-refractivity contribution is -0.182. The number of hydrogen-bond acceptors (Lipinski definition) is 2. The molecule has 0 saturated heterocycles. The third kappa shape index (κ3) is 0.892. The first kappa shape index (κ1) is 9.17. The van der Waals surface area contributed by atoms with Gasteiger partial charge >= 0.3 is 0 Å². The highest BCUT2D eigenvalue weighted by molar-refractivity contribution is 5.13. The molecule has 0 spiro atoms. The summed E-state index contributed by atoms with van der Waals surface area (Å²) in [5, 5.41) is 20.7. The summed E-state index contributed by atoms with van der Waals surface area (Å²) in [6.07, 6.45) is 6.12. The Morgan fingerprint density at radius 3 is 2.79 bits per heavy atom. The zero-order valence-electron chi connectivity index (χ0n) is 8.87. The van der Waals surface area contributed by atoms with Crippen LogP contribution in [0.15, 0.2) is 0 Å². The van der Waals surface area contributed by atoms with Crippen LogP contribution < -0.4 is 0 Å². The molecule has 3 aliphatic rings. The Morgan fingerprint density at radius 1 is 1.21 bits per heavy atom. The molecule has 5 unspecified atom stereocenters. The van der Waals surface area contributed by atoms with E-state index in [2.05, 4.69) is 6.92 Å². The second-order valence-corrected chi connectivity index (χ2v) is 6.01. The molecule has 2 heteroatoms. The van der Waals surface area contributed by atoms with E-state index in [1.54, 1.807) is 0 Å². The van der Waals surface area contributed by atoms with Gasteiger partial charge in [0.25, 0.3) is 0 Å². The molecule has 3 saturated carbocycles. The van der Waals surface area contributed by atoms with Crippen LogP contribution in [0.5, 0.6) is 0 Å². The molecular weight excluding hydrogens is 176 g/mol. The highest BCUT2D eigenvalue weighted by Crippen LogP contribution is 2.63.